The third-order valence-corrected chi connectivity index (χ3v) is 10.1. The molecule has 1 amide bonds. The summed E-state index contributed by atoms with van der Waals surface area (Å²) < 4.78 is 6.49. The molecule has 0 aromatic heterocycles. The number of rotatable bonds is 3. The van der Waals surface area contributed by atoms with E-state index in [1.807, 2.05) is 0 Å². The van der Waals surface area contributed by atoms with Crippen molar-refractivity contribution in [2.45, 2.75) is 95.1 Å². The number of fused-ring (bicyclic) bond motifs is 5. The molecule has 146 valence electrons. The van der Waals surface area contributed by atoms with E-state index in [9.17, 15) is 4.79 Å². The van der Waals surface area contributed by atoms with E-state index in [0.717, 1.165) is 24.2 Å². The maximum atomic E-state index is 12.4. The molecule has 1 aliphatic heterocycles. The number of nitrogens with one attached hydrogen (secondary N) is 1. The largest absolute Gasteiger partial charge is 0.374 e. The van der Waals surface area contributed by atoms with E-state index in [2.05, 4.69) is 25.4 Å². The minimum Gasteiger partial charge on any atom is -0.374 e. The summed E-state index contributed by atoms with van der Waals surface area (Å²) in [5.41, 5.74) is 0.699. The minimum atomic E-state index is 0.151. The van der Waals surface area contributed by atoms with Gasteiger partial charge in [0.2, 0.25) is 5.91 Å². The zero-order valence-corrected chi connectivity index (χ0v) is 17.4. The highest BCUT2D eigenvalue weighted by Crippen LogP contribution is 2.65. The lowest BCUT2D eigenvalue weighted by Crippen LogP contribution is -2.64. The van der Waals surface area contributed by atoms with Gasteiger partial charge < -0.3 is 10.1 Å². The van der Waals surface area contributed by atoms with E-state index < -0.39 is 0 Å². The average Bonchev–Trinajstić information content (AvgIpc) is 3.37. The van der Waals surface area contributed by atoms with Gasteiger partial charge in [0.05, 0.1) is 17.5 Å². The fourth-order valence-electron chi connectivity index (χ4n) is 7.55. The van der Waals surface area contributed by atoms with Gasteiger partial charge in [0.25, 0.3) is 0 Å². The number of ether oxygens (including phenoxy) is 1. The minimum absolute atomic E-state index is 0.151. The Morgan fingerprint density at radius 3 is 2.50 bits per heavy atom. The molecule has 0 aromatic carbocycles. The highest BCUT2D eigenvalue weighted by atomic mass is 32.2. The second-order valence-electron chi connectivity index (χ2n) is 10.4. The maximum Gasteiger partial charge on any atom is 0.233 e. The Hall–Kier alpha value is -0.220. The van der Waals surface area contributed by atoms with Crippen LogP contribution in [0.1, 0.15) is 71.6 Å². The summed E-state index contributed by atoms with van der Waals surface area (Å²) in [4.78, 5) is 12.4. The Balaban J connectivity index is 1.39. The molecule has 3 nitrogen and oxygen atoms in total. The van der Waals surface area contributed by atoms with Crippen molar-refractivity contribution in [2.75, 3.05) is 6.26 Å². The zero-order chi connectivity index (χ0) is 18.1. The van der Waals surface area contributed by atoms with Crippen LogP contribution in [-0.2, 0) is 9.53 Å². The summed E-state index contributed by atoms with van der Waals surface area (Å²) in [6.45, 7) is 5.06. The molecule has 1 N–H and O–H groups in total. The number of hydrogen-bond acceptors (Lipinski definition) is 3. The van der Waals surface area contributed by atoms with Crippen LogP contribution in [0, 0.1) is 28.6 Å². The standard InChI is InChI=1S/C22H35NO2S/c1-21-11-10-16-14(15(21)7-9-19(21)25-13-4-5-13)6-8-18-22(16,2)12-17(26-3)20(24)23-18/h13-19H,4-12H2,1-3H3,(H,23,24)/t14-,15-,16+,17?,18?,19?,21-,22+/m0/s1. The molecular formula is C22H35NO2S. The molecule has 5 fully saturated rings. The molecule has 0 radical (unpaired) electrons. The summed E-state index contributed by atoms with van der Waals surface area (Å²) in [6.07, 6.45) is 14.7. The molecule has 1 heterocycles. The lowest BCUT2D eigenvalue weighted by atomic mass is 9.47. The van der Waals surface area contributed by atoms with Gasteiger partial charge in [-0.3, -0.25) is 4.79 Å². The number of carbonyl (C=O) groups is 1. The maximum absolute atomic E-state index is 12.4. The lowest BCUT2D eigenvalue weighted by Gasteiger charge is -2.60. The predicted octanol–water partition coefficient (Wildman–Crippen LogP) is 4.40. The second-order valence-corrected chi connectivity index (χ2v) is 11.4. The van der Waals surface area contributed by atoms with Crippen molar-refractivity contribution in [3.63, 3.8) is 0 Å². The van der Waals surface area contributed by atoms with Crippen molar-refractivity contribution in [2.24, 2.45) is 28.6 Å². The Morgan fingerprint density at radius 2 is 1.77 bits per heavy atom. The van der Waals surface area contributed by atoms with Gasteiger partial charge in [-0.1, -0.05) is 13.8 Å². The highest BCUT2D eigenvalue weighted by Gasteiger charge is 2.61. The lowest BCUT2D eigenvalue weighted by molar-refractivity contribution is -0.140. The summed E-state index contributed by atoms with van der Waals surface area (Å²) in [5, 5.41) is 3.57. The van der Waals surface area contributed by atoms with Crippen LogP contribution in [0.4, 0.5) is 0 Å². The zero-order valence-electron chi connectivity index (χ0n) is 16.6. The molecule has 8 atom stereocenters. The fraction of sp³-hybridized carbons (Fsp3) is 0.955. The van der Waals surface area contributed by atoms with Crippen LogP contribution < -0.4 is 5.32 Å². The van der Waals surface area contributed by atoms with Crippen LogP contribution in [-0.4, -0.2) is 35.7 Å². The molecule has 1 saturated heterocycles. The van der Waals surface area contributed by atoms with Crippen molar-refractivity contribution in [1.29, 1.82) is 0 Å². The quantitative estimate of drug-likeness (QED) is 0.792. The van der Waals surface area contributed by atoms with Gasteiger partial charge in [-0.25, -0.2) is 0 Å². The Bertz CT molecular complexity index is 593. The first kappa shape index (κ1) is 17.8. The fourth-order valence-corrected chi connectivity index (χ4v) is 8.35. The van der Waals surface area contributed by atoms with Crippen LogP contribution in [0.5, 0.6) is 0 Å². The monoisotopic (exact) mass is 377 g/mol. The predicted molar refractivity (Wildman–Crippen MR) is 106 cm³/mol. The van der Waals surface area contributed by atoms with Crippen molar-refractivity contribution < 1.29 is 9.53 Å². The van der Waals surface area contributed by atoms with Gasteiger partial charge >= 0.3 is 0 Å². The molecule has 4 aliphatic carbocycles. The number of amides is 1. The molecule has 0 aromatic rings. The molecule has 5 rings (SSSR count). The van der Waals surface area contributed by atoms with Gasteiger partial charge in [-0.15, -0.1) is 0 Å². The molecule has 5 aliphatic rings. The number of hydrogen-bond donors (Lipinski definition) is 1. The molecule has 26 heavy (non-hydrogen) atoms. The van der Waals surface area contributed by atoms with E-state index >= 15 is 0 Å². The normalized spacial score (nSPS) is 53.4. The van der Waals surface area contributed by atoms with Crippen LogP contribution >= 0.6 is 11.8 Å². The third-order valence-electron chi connectivity index (χ3n) is 9.18. The van der Waals surface area contributed by atoms with Crippen molar-refractivity contribution in [1.82, 2.24) is 5.32 Å². The Kier molecular flexibility index (Phi) is 4.21. The molecular weight excluding hydrogens is 342 g/mol. The first-order chi connectivity index (χ1) is 12.5. The summed E-state index contributed by atoms with van der Waals surface area (Å²) in [7, 11) is 0. The first-order valence-electron chi connectivity index (χ1n) is 10.9. The SMILES string of the molecule is CSC1C[C@@]2(C)C(CC[C@@H]3[C@H]2CC[C@]2(C)C(OC4CC4)CC[C@@H]32)NC1=O. The van der Waals surface area contributed by atoms with Crippen LogP contribution in [0.2, 0.25) is 0 Å². The van der Waals surface area contributed by atoms with Crippen molar-refractivity contribution in [3.8, 4) is 0 Å². The van der Waals surface area contributed by atoms with Gasteiger partial charge in [0.1, 0.15) is 0 Å². The van der Waals surface area contributed by atoms with E-state index in [0.29, 0.717) is 29.1 Å². The van der Waals surface area contributed by atoms with Crippen LogP contribution in [0.15, 0.2) is 0 Å². The van der Waals surface area contributed by atoms with Gasteiger partial charge in [0.15, 0.2) is 0 Å². The van der Waals surface area contributed by atoms with Crippen LogP contribution in [0.25, 0.3) is 0 Å². The molecule has 4 saturated carbocycles. The Labute approximate surface area is 162 Å². The molecule has 3 unspecified atom stereocenters. The first-order valence-corrected chi connectivity index (χ1v) is 12.2. The van der Waals surface area contributed by atoms with Gasteiger partial charge in [-0.05, 0) is 92.6 Å². The summed E-state index contributed by atoms with van der Waals surface area (Å²) >= 11 is 1.75. The van der Waals surface area contributed by atoms with Gasteiger partial charge in [-0.2, -0.15) is 11.8 Å². The number of piperidine rings is 1. The highest BCUT2D eigenvalue weighted by molar-refractivity contribution is 7.99. The smallest absolute Gasteiger partial charge is 0.233 e. The molecule has 4 heteroatoms. The number of thioether (sulfide) groups is 1. The summed E-state index contributed by atoms with van der Waals surface area (Å²) in [6, 6.07) is 0.406. The number of carbonyl (C=O) groups excluding carboxylic acids is 1. The molecule has 0 spiro atoms. The van der Waals surface area contributed by atoms with Gasteiger partial charge in [0, 0.05) is 6.04 Å². The topological polar surface area (TPSA) is 38.3 Å². The van der Waals surface area contributed by atoms with Crippen molar-refractivity contribution >= 4 is 17.7 Å². The second kappa shape index (κ2) is 6.14. The molecule has 0 bridgehead atoms. The third kappa shape index (κ3) is 2.53. The average molecular weight is 378 g/mol. The summed E-state index contributed by atoms with van der Waals surface area (Å²) in [5.74, 6) is 2.76. The van der Waals surface area contributed by atoms with E-state index in [1.165, 1.54) is 51.4 Å². The van der Waals surface area contributed by atoms with E-state index in [1.54, 1.807) is 11.8 Å². The Morgan fingerprint density at radius 1 is 1.00 bits per heavy atom. The van der Waals surface area contributed by atoms with Crippen molar-refractivity contribution in [3.05, 3.63) is 0 Å². The van der Waals surface area contributed by atoms with E-state index in [4.69, 9.17) is 4.74 Å². The van der Waals surface area contributed by atoms with E-state index in [-0.39, 0.29) is 11.2 Å². The van der Waals surface area contributed by atoms with Crippen LogP contribution in [0.3, 0.4) is 0 Å².